The molecule has 0 aliphatic carbocycles. The van der Waals surface area contributed by atoms with Gasteiger partial charge in [0.15, 0.2) is 0 Å². The average Bonchev–Trinajstić information content (AvgIpc) is 0. The van der Waals surface area contributed by atoms with Crippen LogP contribution in [0.15, 0.2) is 0 Å². The Hall–Kier alpha value is 2.75. The van der Waals surface area contributed by atoms with Crippen molar-refractivity contribution in [1.29, 1.82) is 0 Å². The van der Waals surface area contributed by atoms with E-state index in [4.69, 9.17) is 0 Å². The van der Waals surface area contributed by atoms with Crippen LogP contribution in [0.5, 0.6) is 0 Å². The first kappa shape index (κ1) is 46.7. The van der Waals surface area contributed by atoms with Crippen molar-refractivity contribution in [1.82, 2.24) is 0 Å². The van der Waals surface area contributed by atoms with Crippen LogP contribution in [0.3, 0.4) is 0 Å². The minimum atomic E-state index is 0. The van der Waals surface area contributed by atoms with Gasteiger partial charge in [0.2, 0.25) is 0 Å². The van der Waals surface area contributed by atoms with E-state index >= 15 is 0 Å². The smallest absolute Gasteiger partial charge is 0 e. The van der Waals surface area contributed by atoms with Crippen molar-refractivity contribution in [2.75, 3.05) is 0 Å². The Balaban J connectivity index is 0. The molecule has 0 aliphatic heterocycles. The summed E-state index contributed by atoms with van der Waals surface area (Å²) < 4.78 is 0. The molecule has 0 N–H and O–H groups in total. The van der Waals surface area contributed by atoms with Crippen LogP contribution in [-0.2, 0) is 76.5 Å². The summed E-state index contributed by atoms with van der Waals surface area (Å²) in [5.41, 5.74) is 0. The van der Waals surface area contributed by atoms with Gasteiger partial charge in [0, 0.05) is 90.0 Å². The van der Waals surface area contributed by atoms with Gasteiger partial charge in [0.05, 0.1) is 0 Å². The maximum absolute atomic E-state index is 0. The van der Waals surface area contributed by atoms with Gasteiger partial charge in [0.1, 0.15) is 0 Å². The molecule has 0 aromatic heterocycles. The van der Waals surface area contributed by atoms with Crippen LogP contribution < -0.4 is 0 Å². The van der Waals surface area contributed by atoms with Crippen LogP contribution in [0, 0.1) is 0 Å². The standard InChI is InChI=1S/Co.Fe.Ni.S.Zr. The van der Waals surface area contributed by atoms with Crippen molar-refractivity contribution in [2.45, 2.75) is 0 Å². The molecule has 3 radical (unpaired) electrons. The quantitative estimate of drug-likeness (QED) is 0.576. The molecule has 0 heterocycles. The molecule has 0 aliphatic rings. The minimum Gasteiger partial charge on any atom is 0 e. The second-order valence-corrected chi connectivity index (χ2v) is 0. The van der Waals surface area contributed by atoms with Crippen molar-refractivity contribution >= 4 is 13.5 Å². The van der Waals surface area contributed by atoms with E-state index in [-0.39, 0.29) is 90.0 Å². The molecule has 0 saturated heterocycles. The number of hydrogen-bond donors (Lipinski definition) is 0. The van der Waals surface area contributed by atoms with E-state index in [0.717, 1.165) is 0 Å². The zero-order valence-electron chi connectivity index (χ0n) is 1.91. The van der Waals surface area contributed by atoms with E-state index in [1.165, 1.54) is 0 Å². The Bertz CT molecular complexity index is 11.6. The van der Waals surface area contributed by atoms with Gasteiger partial charge in [-0.15, -0.1) is 0 Å². The summed E-state index contributed by atoms with van der Waals surface area (Å²) in [6, 6.07) is 0. The van der Waals surface area contributed by atoms with Crippen LogP contribution in [0.1, 0.15) is 0 Å². The van der Waals surface area contributed by atoms with Crippen LogP contribution in [0.2, 0.25) is 0 Å². The molecule has 0 aromatic rings. The van der Waals surface area contributed by atoms with Crippen molar-refractivity contribution < 1.29 is 76.5 Å². The molecule has 0 saturated carbocycles. The van der Waals surface area contributed by atoms with Gasteiger partial charge in [-0.2, -0.15) is 0 Å². The van der Waals surface area contributed by atoms with Crippen LogP contribution in [0.25, 0.3) is 0 Å². The van der Waals surface area contributed by atoms with Crippen LogP contribution >= 0.6 is 13.5 Å². The molecule has 0 nitrogen and oxygen atoms in total. The van der Waals surface area contributed by atoms with Crippen molar-refractivity contribution in [2.24, 2.45) is 0 Å². The Morgan fingerprint density at radius 1 is 1.00 bits per heavy atom. The van der Waals surface area contributed by atoms with Crippen LogP contribution in [-0.4, -0.2) is 0 Å². The summed E-state index contributed by atoms with van der Waals surface area (Å²) in [5.74, 6) is 0. The predicted molar refractivity (Wildman–Crippen MR) is 7.59 cm³/mol. The van der Waals surface area contributed by atoms with Gasteiger partial charge in [-0.25, -0.2) is 0 Å². The van der Waals surface area contributed by atoms with E-state index in [2.05, 4.69) is 0 Å². The third kappa shape index (κ3) is 20.1. The molecule has 0 bridgehead atoms. The second-order valence-electron chi connectivity index (χ2n) is 0. The Morgan fingerprint density at radius 2 is 1.00 bits per heavy atom. The Morgan fingerprint density at radius 3 is 1.00 bits per heavy atom. The first-order chi connectivity index (χ1) is 0. The molecule has 0 unspecified atom stereocenters. The molecular formula is CoFeNiSZr. The van der Waals surface area contributed by atoms with E-state index < -0.39 is 0 Å². The number of rotatable bonds is 0. The fourth-order valence-corrected chi connectivity index (χ4v) is 0. The molecule has 0 atom stereocenters. The second kappa shape index (κ2) is 29.5. The molecule has 5 heteroatoms. The fourth-order valence-electron chi connectivity index (χ4n) is 0. The van der Waals surface area contributed by atoms with Gasteiger partial charge in [-0.05, 0) is 0 Å². The van der Waals surface area contributed by atoms with Gasteiger partial charge in [-0.1, -0.05) is 0 Å². The maximum Gasteiger partial charge on any atom is 0 e. The van der Waals surface area contributed by atoms with Crippen molar-refractivity contribution in [3.8, 4) is 0 Å². The van der Waals surface area contributed by atoms with E-state index in [1.807, 2.05) is 0 Å². The third-order valence-electron chi connectivity index (χ3n) is 0. The summed E-state index contributed by atoms with van der Waals surface area (Å²) in [4.78, 5) is 0. The topological polar surface area (TPSA) is 0 Å². The average molecular weight is 297 g/mol. The van der Waals surface area contributed by atoms with Gasteiger partial charge < -0.3 is 0 Å². The summed E-state index contributed by atoms with van der Waals surface area (Å²) >= 11 is 0. The largest absolute Gasteiger partial charge is 0 e. The zero-order valence-corrected chi connectivity index (χ0v) is 8.32. The summed E-state index contributed by atoms with van der Waals surface area (Å²) in [7, 11) is 0. The first-order valence-corrected chi connectivity index (χ1v) is 0. The molecule has 5 heavy (non-hydrogen) atoms. The molecule has 0 amide bonds. The summed E-state index contributed by atoms with van der Waals surface area (Å²) in [6.07, 6.45) is 0. The summed E-state index contributed by atoms with van der Waals surface area (Å²) in [6.45, 7) is 0. The SMILES string of the molecule is [Co].[Fe].[Ni].[S].[Zr]. The molecule has 0 fully saturated rings. The monoisotopic (exact) mass is 295 g/mol. The third-order valence-corrected chi connectivity index (χ3v) is 0. The molecular weight excluding hydrogens is 297 g/mol. The number of hydrogen-bond acceptors (Lipinski definition) is 0. The van der Waals surface area contributed by atoms with Crippen LogP contribution in [0.4, 0.5) is 0 Å². The zero-order chi connectivity index (χ0) is 0. The minimum absolute atomic E-state index is 0. The van der Waals surface area contributed by atoms with Crippen molar-refractivity contribution in [3.05, 3.63) is 0 Å². The van der Waals surface area contributed by atoms with E-state index in [1.54, 1.807) is 0 Å². The molecule has 0 rings (SSSR count). The molecule has 0 aromatic carbocycles. The fraction of sp³-hybridized carbons (Fsp3) is 0. The first-order valence-electron chi connectivity index (χ1n) is 0. The van der Waals surface area contributed by atoms with E-state index in [0.29, 0.717) is 0 Å². The normalized spacial score (nSPS) is 0. The van der Waals surface area contributed by atoms with Gasteiger partial charge in [-0.3, -0.25) is 0 Å². The Kier molecular flexibility index (Phi) is 275. The summed E-state index contributed by atoms with van der Waals surface area (Å²) in [5, 5.41) is 0. The molecule has 0 spiro atoms. The Labute approximate surface area is 88.8 Å². The van der Waals surface area contributed by atoms with E-state index in [9.17, 15) is 0 Å². The van der Waals surface area contributed by atoms with Gasteiger partial charge in [0.25, 0.3) is 0 Å². The predicted octanol–water partition coefficient (Wildman–Crippen LogP) is 0.638. The van der Waals surface area contributed by atoms with Gasteiger partial charge >= 0.3 is 0 Å². The maximum atomic E-state index is 0. The molecule has 37 valence electrons. The van der Waals surface area contributed by atoms with Crippen molar-refractivity contribution in [3.63, 3.8) is 0 Å².